The zero-order valence-electron chi connectivity index (χ0n) is 9.78. The van der Waals surface area contributed by atoms with Crippen LogP contribution in [0.5, 0.6) is 0 Å². The van der Waals surface area contributed by atoms with Crippen LogP contribution in [0.15, 0.2) is 24.3 Å². The first-order chi connectivity index (χ1) is 8.28. The molecule has 0 radical (unpaired) electrons. The van der Waals surface area contributed by atoms with Crippen molar-refractivity contribution in [3.63, 3.8) is 0 Å². The van der Waals surface area contributed by atoms with Gasteiger partial charge in [0.2, 0.25) is 0 Å². The Kier molecular flexibility index (Phi) is 3.34. The summed E-state index contributed by atoms with van der Waals surface area (Å²) in [5.41, 5.74) is 1.46. The summed E-state index contributed by atoms with van der Waals surface area (Å²) in [6, 6.07) is 8.40. The highest BCUT2D eigenvalue weighted by Gasteiger charge is 2.46. The van der Waals surface area contributed by atoms with Crippen molar-refractivity contribution in [2.75, 3.05) is 25.5 Å². The molecule has 1 aliphatic heterocycles. The molecule has 1 nitrogen and oxygen atoms in total. The van der Waals surface area contributed by atoms with Gasteiger partial charge >= 0.3 is 0 Å². The monoisotopic (exact) mass is 269 g/mol. The average Bonchev–Trinajstić information content (AvgIpc) is 2.61. The molecule has 17 heavy (non-hydrogen) atoms. The number of benzene rings is 1. The first-order valence-corrected chi connectivity index (χ1v) is 7.23. The summed E-state index contributed by atoms with van der Waals surface area (Å²) in [7, 11) is 0. The summed E-state index contributed by atoms with van der Waals surface area (Å²) in [5.74, 6) is 3.25. The number of fused-ring (bicyclic) bond motifs is 1. The molecule has 2 aliphatic rings. The van der Waals surface area contributed by atoms with E-state index in [1.807, 2.05) is 12.1 Å². The fraction of sp³-hybridized carbons (Fsp3) is 0.571. The molecule has 0 aromatic heterocycles. The normalized spacial score (nSPS) is 32.2. The number of alkyl halides is 1. The Labute approximate surface area is 113 Å². The van der Waals surface area contributed by atoms with Gasteiger partial charge < -0.3 is 4.90 Å². The van der Waals surface area contributed by atoms with Gasteiger partial charge in [0.1, 0.15) is 0 Å². The molecule has 3 rings (SSSR count). The fourth-order valence-electron chi connectivity index (χ4n) is 3.39. The third-order valence-electron chi connectivity index (χ3n) is 4.34. The molecule has 1 saturated carbocycles. The van der Waals surface area contributed by atoms with Crippen molar-refractivity contribution in [1.29, 1.82) is 0 Å². The lowest BCUT2D eigenvalue weighted by Crippen LogP contribution is -2.33. The largest absolute Gasteiger partial charge is 0.302 e. The van der Waals surface area contributed by atoms with Crippen LogP contribution in [-0.2, 0) is 0 Å². The zero-order valence-corrected chi connectivity index (χ0v) is 11.3. The fourth-order valence-corrected chi connectivity index (χ4v) is 3.76. The SMILES string of the molecule is ClCCN1C[C@H]2C[C@H](c3ccc(Cl)cc3)[C@H]2C1. The van der Waals surface area contributed by atoms with Crippen molar-refractivity contribution in [2.45, 2.75) is 12.3 Å². The second-order valence-corrected chi connectivity index (χ2v) is 6.08. The average molecular weight is 270 g/mol. The Morgan fingerprint density at radius 2 is 1.94 bits per heavy atom. The van der Waals surface area contributed by atoms with Crippen LogP contribution in [0.4, 0.5) is 0 Å². The molecule has 1 aromatic carbocycles. The molecular weight excluding hydrogens is 253 g/mol. The molecule has 0 amide bonds. The van der Waals surface area contributed by atoms with Gasteiger partial charge in [0.25, 0.3) is 0 Å². The third kappa shape index (κ3) is 2.21. The number of hydrogen-bond donors (Lipinski definition) is 0. The maximum absolute atomic E-state index is 5.93. The highest BCUT2D eigenvalue weighted by Crippen LogP contribution is 2.51. The molecule has 2 fully saturated rings. The Morgan fingerprint density at radius 1 is 1.18 bits per heavy atom. The van der Waals surface area contributed by atoms with E-state index in [-0.39, 0.29) is 0 Å². The predicted molar refractivity (Wildman–Crippen MR) is 73.0 cm³/mol. The second kappa shape index (κ2) is 4.79. The van der Waals surface area contributed by atoms with Crippen molar-refractivity contribution in [3.05, 3.63) is 34.9 Å². The van der Waals surface area contributed by atoms with Gasteiger partial charge in [-0.2, -0.15) is 0 Å². The van der Waals surface area contributed by atoms with Crippen LogP contribution in [0.2, 0.25) is 5.02 Å². The molecule has 1 heterocycles. The molecule has 0 N–H and O–H groups in total. The first-order valence-electron chi connectivity index (χ1n) is 6.31. The summed E-state index contributed by atoms with van der Waals surface area (Å²) < 4.78 is 0. The van der Waals surface area contributed by atoms with Gasteiger partial charge in [-0.1, -0.05) is 23.7 Å². The first kappa shape index (κ1) is 11.8. The van der Waals surface area contributed by atoms with E-state index in [4.69, 9.17) is 23.2 Å². The highest BCUT2D eigenvalue weighted by molar-refractivity contribution is 6.30. The quantitative estimate of drug-likeness (QED) is 0.758. The van der Waals surface area contributed by atoms with Crippen molar-refractivity contribution in [2.24, 2.45) is 11.8 Å². The lowest BCUT2D eigenvalue weighted by molar-refractivity contribution is 0.191. The minimum atomic E-state index is 0.748. The maximum Gasteiger partial charge on any atom is 0.0406 e. The second-order valence-electron chi connectivity index (χ2n) is 5.27. The van der Waals surface area contributed by atoms with E-state index in [0.29, 0.717) is 0 Å². The van der Waals surface area contributed by atoms with Crippen LogP contribution in [0, 0.1) is 11.8 Å². The van der Waals surface area contributed by atoms with Gasteiger partial charge in [0.05, 0.1) is 0 Å². The van der Waals surface area contributed by atoms with Gasteiger partial charge in [-0.3, -0.25) is 0 Å². The zero-order chi connectivity index (χ0) is 11.8. The molecule has 0 spiro atoms. The van der Waals surface area contributed by atoms with Crippen LogP contribution in [0.25, 0.3) is 0 Å². The lowest BCUT2D eigenvalue weighted by Gasteiger charge is -2.40. The van der Waals surface area contributed by atoms with Gasteiger partial charge in [0.15, 0.2) is 0 Å². The maximum atomic E-state index is 5.93. The van der Waals surface area contributed by atoms with E-state index >= 15 is 0 Å². The van der Waals surface area contributed by atoms with Crippen molar-refractivity contribution in [1.82, 2.24) is 4.90 Å². The number of nitrogens with zero attached hydrogens (tertiary/aromatic N) is 1. The molecule has 3 heteroatoms. The number of hydrogen-bond acceptors (Lipinski definition) is 1. The molecule has 0 unspecified atom stereocenters. The Hall–Kier alpha value is -0.240. The van der Waals surface area contributed by atoms with E-state index in [9.17, 15) is 0 Å². The van der Waals surface area contributed by atoms with Crippen LogP contribution in [-0.4, -0.2) is 30.4 Å². The molecular formula is C14H17Cl2N. The van der Waals surface area contributed by atoms with Crippen LogP contribution in [0.3, 0.4) is 0 Å². The topological polar surface area (TPSA) is 3.24 Å². The molecule has 3 atom stereocenters. The molecule has 92 valence electrons. The molecule has 0 bridgehead atoms. The summed E-state index contributed by atoms with van der Waals surface area (Å²) in [6.45, 7) is 3.52. The van der Waals surface area contributed by atoms with Gasteiger partial charge in [-0.05, 0) is 41.9 Å². The van der Waals surface area contributed by atoms with Gasteiger partial charge in [0, 0.05) is 30.5 Å². The summed E-state index contributed by atoms with van der Waals surface area (Å²) >= 11 is 11.7. The van der Waals surface area contributed by atoms with E-state index in [2.05, 4.69) is 17.0 Å². The smallest absolute Gasteiger partial charge is 0.0406 e. The van der Waals surface area contributed by atoms with Crippen molar-refractivity contribution in [3.8, 4) is 0 Å². The number of likely N-dealkylation sites (tertiary alicyclic amines) is 1. The van der Waals surface area contributed by atoms with Crippen LogP contribution < -0.4 is 0 Å². The Morgan fingerprint density at radius 3 is 2.65 bits per heavy atom. The Balaban J connectivity index is 1.67. The number of rotatable bonds is 3. The number of halogens is 2. The van der Waals surface area contributed by atoms with Crippen molar-refractivity contribution < 1.29 is 0 Å². The van der Waals surface area contributed by atoms with E-state index < -0.39 is 0 Å². The standard InChI is InChI=1S/C14H17Cl2N/c15-5-6-17-8-11-7-13(14(11)9-17)10-1-3-12(16)4-2-10/h1-4,11,13-14H,5-9H2/t11-,13-,14+/m1/s1. The van der Waals surface area contributed by atoms with Gasteiger partial charge in [-0.25, -0.2) is 0 Å². The van der Waals surface area contributed by atoms with E-state index in [0.717, 1.165) is 35.2 Å². The minimum absolute atomic E-state index is 0.748. The molecule has 1 saturated heterocycles. The van der Waals surface area contributed by atoms with Crippen LogP contribution in [0.1, 0.15) is 17.9 Å². The molecule has 1 aliphatic carbocycles. The predicted octanol–water partition coefficient (Wildman–Crippen LogP) is 3.61. The van der Waals surface area contributed by atoms with Crippen LogP contribution >= 0.6 is 23.2 Å². The third-order valence-corrected chi connectivity index (χ3v) is 4.76. The van der Waals surface area contributed by atoms with Crippen molar-refractivity contribution >= 4 is 23.2 Å². The lowest BCUT2D eigenvalue weighted by atomic mass is 9.64. The molecule has 1 aromatic rings. The highest BCUT2D eigenvalue weighted by atomic mass is 35.5. The Bertz CT molecular complexity index is 390. The van der Waals surface area contributed by atoms with Gasteiger partial charge in [-0.15, -0.1) is 11.6 Å². The summed E-state index contributed by atoms with van der Waals surface area (Å²) in [4.78, 5) is 2.51. The summed E-state index contributed by atoms with van der Waals surface area (Å²) in [5, 5.41) is 0.833. The van der Waals surface area contributed by atoms with E-state index in [1.54, 1.807) is 0 Å². The summed E-state index contributed by atoms with van der Waals surface area (Å²) in [6.07, 6.45) is 1.34. The minimum Gasteiger partial charge on any atom is -0.302 e. The van der Waals surface area contributed by atoms with E-state index in [1.165, 1.54) is 25.1 Å².